The van der Waals surface area contributed by atoms with Crippen LogP contribution in [0, 0.1) is 5.92 Å². The molecule has 5 rings (SSSR count). The molecule has 1 aromatic carbocycles. The highest BCUT2D eigenvalue weighted by Crippen LogP contribution is 2.43. The Labute approximate surface area is 218 Å². The van der Waals surface area contributed by atoms with Crippen molar-refractivity contribution < 1.29 is 4.74 Å². The summed E-state index contributed by atoms with van der Waals surface area (Å²) in [5.74, 6) is 1.06. The number of aromatic nitrogens is 1. The number of ether oxygens (including phenoxy) is 1. The number of anilines is 1. The molecule has 0 unspecified atom stereocenters. The third-order valence-corrected chi connectivity index (χ3v) is 9.06. The van der Waals surface area contributed by atoms with Crippen LogP contribution in [-0.4, -0.2) is 42.9 Å². The largest absolute Gasteiger partial charge is 0.381 e. The fourth-order valence-corrected chi connectivity index (χ4v) is 6.93. The molecule has 0 saturated carbocycles. The summed E-state index contributed by atoms with van der Waals surface area (Å²) in [7, 11) is 0. The molecule has 0 spiro atoms. The van der Waals surface area contributed by atoms with Gasteiger partial charge < -0.3 is 21.1 Å². The zero-order valence-corrected chi connectivity index (χ0v) is 22.6. The first-order chi connectivity index (χ1) is 16.5. The van der Waals surface area contributed by atoms with Gasteiger partial charge in [-0.2, -0.15) is 0 Å². The van der Waals surface area contributed by atoms with Gasteiger partial charge in [-0.05, 0) is 82.0 Å². The SMILES string of the molecule is CCCN[C@H]1CCc2nc(N)sc2C1.CCOC[C@@H]1[C@@H](c2ccc(Cl)c(Cl)c2)C[C@@H]2CC[C@H]1N2. The van der Waals surface area contributed by atoms with Gasteiger partial charge in [0.2, 0.25) is 0 Å². The molecule has 0 radical (unpaired) electrons. The minimum Gasteiger partial charge on any atom is -0.381 e. The van der Waals surface area contributed by atoms with E-state index >= 15 is 0 Å². The molecule has 1 aliphatic carbocycles. The smallest absolute Gasteiger partial charge is 0.180 e. The normalized spacial score (nSPS) is 27.7. The van der Waals surface area contributed by atoms with E-state index in [-0.39, 0.29) is 0 Å². The van der Waals surface area contributed by atoms with Crippen LogP contribution in [-0.2, 0) is 17.6 Å². The molecule has 5 atom stereocenters. The van der Waals surface area contributed by atoms with Crippen LogP contribution in [0.1, 0.15) is 68.0 Å². The van der Waals surface area contributed by atoms with Gasteiger partial charge in [-0.1, -0.05) is 36.2 Å². The summed E-state index contributed by atoms with van der Waals surface area (Å²) in [5.41, 5.74) is 8.24. The summed E-state index contributed by atoms with van der Waals surface area (Å²) in [4.78, 5) is 5.73. The maximum Gasteiger partial charge on any atom is 0.180 e. The van der Waals surface area contributed by atoms with Gasteiger partial charge in [-0.25, -0.2) is 4.98 Å². The fourth-order valence-electron chi connectivity index (χ4n) is 5.67. The second kappa shape index (κ2) is 12.4. The van der Waals surface area contributed by atoms with Crippen LogP contribution < -0.4 is 16.4 Å². The van der Waals surface area contributed by atoms with Crippen molar-refractivity contribution in [3.05, 3.63) is 44.4 Å². The molecule has 2 fully saturated rings. The number of hydrogen-bond donors (Lipinski definition) is 3. The van der Waals surface area contributed by atoms with Crippen LogP contribution in [0.3, 0.4) is 0 Å². The summed E-state index contributed by atoms with van der Waals surface area (Å²) in [5, 5.41) is 9.31. The number of nitrogen functional groups attached to an aromatic ring is 1. The highest BCUT2D eigenvalue weighted by atomic mass is 35.5. The molecule has 8 heteroatoms. The van der Waals surface area contributed by atoms with Crippen molar-refractivity contribution in [1.29, 1.82) is 0 Å². The van der Waals surface area contributed by atoms with E-state index in [4.69, 9.17) is 33.7 Å². The van der Waals surface area contributed by atoms with E-state index in [1.807, 2.05) is 12.1 Å². The number of fused-ring (bicyclic) bond motifs is 3. The molecule has 4 N–H and O–H groups in total. The minimum absolute atomic E-state index is 0.523. The van der Waals surface area contributed by atoms with Crippen molar-refractivity contribution in [3.63, 3.8) is 0 Å². The summed E-state index contributed by atoms with van der Waals surface area (Å²) < 4.78 is 5.73. The lowest BCUT2D eigenvalue weighted by Crippen LogP contribution is -2.46. The van der Waals surface area contributed by atoms with Crippen LogP contribution in [0.25, 0.3) is 0 Å². The van der Waals surface area contributed by atoms with Crippen LogP contribution >= 0.6 is 34.5 Å². The first kappa shape index (κ1) is 26.2. The van der Waals surface area contributed by atoms with Crippen LogP contribution in [0.5, 0.6) is 0 Å². The standard InChI is InChI=1S/C16H21Cl2NO.C10H17N3S/c1-2-20-9-13-12(8-11-4-6-16(13)19-11)10-3-5-14(17)15(18)7-10;1-2-5-12-7-3-4-8-9(6-7)14-10(11)13-8/h3,5,7,11-13,16,19H,2,4,6,8-9H2,1H3;7,12H,2-6H2,1H3,(H2,11,13)/t11-,12+,13+,16+;7-/m00/s1. The number of nitrogens with two attached hydrogens (primary N) is 1. The van der Waals surface area contributed by atoms with E-state index in [2.05, 4.69) is 35.5 Å². The lowest BCUT2D eigenvalue weighted by atomic mass is 9.77. The van der Waals surface area contributed by atoms with Crippen molar-refractivity contribution in [3.8, 4) is 0 Å². The zero-order valence-electron chi connectivity index (χ0n) is 20.3. The molecule has 2 aromatic rings. The Morgan fingerprint density at radius 1 is 1.21 bits per heavy atom. The number of piperidine rings is 1. The molecular formula is C26H38Cl2N4OS. The molecule has 1 aromatic heterocycles. The molecule has 2 aliphatic heterocycles. The highest BCUT2D eigenvalue weighted by molar-refractivity contribution is 7.15. The average Bonchev–Trinajstić information content (AvgIpc) is 3.40. The lowest BCUT2D eigenvalue weighted by Gasteiger charge is -2.38. The monoisotopic (exact) mass is 524 g/mol. The number of nitrogens with zero attached hydrogens (tertiary/aromatic N) is 1. The summed E-state index contributed by atoms with van der Waals surface area (Å²) in [6.45, 7) is 6.98. The Morgan fingerprint density at radius 2 is 2.06 bits per heavy atom. The zero-order chi connectivity index (χ0) is 24.1. The van der Waals surface area contributed by atoms with Crippen molar-refractivity contribution in [1.82, 2.24) is 15.6 Å². The van der Waals surface area contributed by atoms with Gasteiger partial charge in [-0.3, -0.25) is 0 Å². The van der Waals surface area contributed by atoms with Crippen molar-refractivity contribution in [2.45, 2.75) is 82.8 Å². The predicted octanol–water partition coefficient (Wildman–Crippen LogP) is 5.84. The van der Waals surface area contributed by atoms with Gasteiger partial charge >= 0.3 is 0 Å². The second-order valence-electron chi connectivity index (χ2n) is 9.70. The van der Waals surface area contributed by atoms with Gasteiger partial charge in [0, 0.05) is 35.5 Å². The Kier molecular flexibility index (Phi) is 9.53. The van der Waals surface area contributed by atoms with E-state index in [1.54, 1.807) is 11.3 Å². The Morgan fingerprint density at radius 3 is 2.82 bits per heavy atom. The number of nitrogens with one attached hydrogen (secondary N) is 2. The summed E-state index contributed by atoms with van der Waals surface area (Å²) >= 11 is 13.9. The Hall–Kier alpha value is -0.890. The van der Waals surface area contributed by atoms with E-state index in [0.717, 1.165) is 37.7 Å². The van der Waals surface area contributed by atoms with Crippen LogP contribution in [0.2, 0.25) is 10.0 Å². The van der Waals surface area contributed by atoms with Crippen molar-refractivity contribution in [2.75, 3.05) is 25.5 Å². The Bertz CT molecular complexity index is 940. The molecule has 5 nitrogen and oxygen atoms in total. The number of aryl methyl sites for hydroxylation is 1. The molecule has 2 saturated heterocycles. The maximum absolute atomic E-state index is 6.19. The van der Waals surface area contributed by atoms with E-state index < -0.39 is 0 Å². The molecule has 0 amide bonds. The third kappa shape index (κ3) is 6.45. The maximum atomic E-state index is 6.19. The van der Waals surface area contributed by atoms with Crippen LogP contribution in [0.4, 0.5) is 5.13 Å². The quantitative estimate of drug-likeness (QED) is 0.424. The Balaban J connectivity index is 0.000000172. The predicted molar refractivity (Wildman–Crippen MR) is 144 cm³/mol. The molecular weight excluding hydrogens is 487 g/mol. The molecule has 3 aliphatic rings. The van der Waals surface area contributed by atoms with E-state index in [9.17, 15) is 0 Å². The highest BCUT2D eigenvalue weighted by Gasteiger charge is 2.42. The third-order valence-electron chi connectivity index (χ3n) is 7.37. The first-order valence-corrected chi connectivity index (χ1v) is 14.3. The molecule has 34 heavy (non-hydrogen) atoms. The topological polar surface area (TPSA) is 72.2 Å². The first-order valence-electron chi connectivity index (χ1n) is 12.7. The number of benzene rings is 1. The van der Waals surface area contributed by atoms with Gasteiger partial charge in [0.05, 0.1) is 22.3 Å². The van der Waals surface area contributed by atoms with E-state index in [1.165, 1.54) is 48.2 Å². The number of rotatable bonds is 7. The van der Waals surface area contributed by atoms with E-state index in [0.29, 0.717) is 40.0 Å². The van der Waals surface area contributed by atoms with Gasteiger partial charge in [0.15, 0.2) is 5.13 Å². The number of thiazole rings is 1. The number of hydrogen-bond acceptors (Lipinski definition) is 6. The van der Waals surface area contributed by atoms with Crippen molar-refractivity contribution in [2.24, 2.45) is 5.92 Å². The van der Waals surface area contributed by atoms with Crippen molar-refractivity contribution >= 4 is 39.7 Å². The summed E-state index contributed by atoms with van der Waals surface area (Å²) in [6, 6.07) is 7.96. The summed E-state index contributed by atoms with van der Waals surface area (Å²) in [6.07, 6.45) is 8.33. The van der Waals surface area contributed by atoms with Gasteiger partial charge in [-0.15, -0.1) is 11.3 Å². The lowest BCUT2D eigenvalue weighted by molar-refractivity contribution is 0.0723. The van der Waals surface area contributed by atoms with Gasteiger partial charge in [0.1, 0.15) is 0 Å². The minimum atomic E-state index is 0.523. The van der Waals surface area contributed by atoms with Gasteiger partial charge in [0.25, 0.3) is 0 Å². The fraction of sp³-hybridized carbons (Fsp3) is 0.654. The average molecular weight is 526 g/mol. The second-order valence-corrected chi connectivity index (χ2v) is 11.6. The number of halogens is 2. The molecule has 3 heterocycles. The molecule has 188 valence electrons. The molecule has 2 bridgehead atoms. The van der Waals surface area contributed by atoms with Crippen LogP contribution in [0.15, 0.2) is 18.2 Å².